The molecule has 0 aliphatic rings. The van der Waals surface area contributed by atoms with Gasteiger partial charge in [-0.25, -0.2) is 0 Å². The minimum absolute atomic E-state index is 0.550. The summed E-state index contributed by atoms with van der Waals surface area (Å²) in [5, 5.41) is 10.9. The van der Waals surface area contributed by atoms with E-state index in [1.54, 1.807) is 0 Å². The third kappa shape index (κ3) is 2.22. The number of rotatable bonds is 2. The van der Waals surface area contributed by atoms with Gasteiger partial charge in [-0.2, -0.15) is 4.73 Å². The van der Waals surface area contributed by atoms with Crippen molar-refractivity contribution in [1.82, 2.24) is 0 Å². The maximum Gasteiger partial charge on any atom is 0.180 e. The normalized spacial score (nSPS) is 10.7. The van der Waals surface area contributed by atoms with E-state index in [9.17, 15) is 5.21 Å². The molecule has 2 heteroatoms. The van der Waals surface area contributed by atoms with Crippen molar-refractivity contribution in [2.24, 2.45) is 0 Å². The van der Waals surface area contributed by atoms with Crippen molar-refractivity contribution < 1.29 is 4.73 Å². The monoisotopic (exact) mass is 213 g/mol. The number of hydrogen-bond donors (Lipinski definition) is 0. The van der Waals surface area contributed by atoms with Gasteiger partial charge in [-0.3, -0.25) is 0 Å². The highest BCUT2D eigenvalue weighted by Crippen LogP contribution is 2.21. The van der Waals surface area contributed by atoms with Crippen LogP contribution in [0.15, 0.2) is 48.8 Å². The molecule has 2 aromatic rings. The Hall–Kier alpha value is -1.83. The van der Waals surface area contributed by atoms with Gasteiger partial charge in [0.25, 0.3) is 0 Å². The molecule has 16 heavy (non-hydrogen) atoms. The maximum atomic E-state index is 10.9. The van der Waals surface area contributed by atoms with Gasteiger partial charge >= 0.3 is 0 Å². The maximum absolute atomic E-state index is 10.9. The van der Waals surface area contributed by atoms with E-state index in [0.717, 1.165) is 15.9 Å². The summed E-state index contributed by atoms with van der Waals surface area (Å²) in [5.74, 6) is 0.550. The van der Waals surface area contributed by atoms with Crippen LogP contribution in [-0.2, 0) is 0 Å². The van der Waals surface area contributed by atoms with Crippen LogP contribution in [0.1, 0.15) is 25.3 Å². The Kier molecular flexibility index (Phi) is 2.91. The zero-order valence-electron chi connectivity index (χ0n) is 9.55. The van der Waals surface area contributed by atoms with E-state index in [0.29, 0.717) is 5.92 Å². The van der Waals surface area contributed by atoms with Crippen molar-refractivity contribution >= 4 is 0 Å². The SMILES string of the molecule is CC(C)c1ccc(-c2cc[n+]([O-])cc2)cc1. The first-order valence-corrected chi connectivity index (χ1v) is 5.46. The van der Waals surface area contributed by atoms with Crippen molar-refractivity contribution in [3.8, 4) is 11.1 Å². The fourth-order valence-electron chi connectivity index (χ4n) is 1.67. The van der Waals surface area contributed by atoms with Crippen molar-refractivity contribution in [3.63, 3.8) is 0 Å². The number of aromatic nitrogens is 1. The van der Waals surface area contributed by atoms with E-state index in [2.05, 4.69) is 38.1 Å². The molecule has 0 saturated heterocycles. The predicted molar refractivity (Wildman–Crippen MR) is 64.9 cm³/mol. The average Bonchev–Trinajstić information content (AvgIpc) is 2.30. The molecule has 0 atom stereocenters. The van der Waals surface area contributed by atoms with Crippen LogP contribution in [0.25, 0.3) is 11.1 Å². The van der Waals surface area contributed by atoms with Gasteiger partial charge in [0.15, 0.2) is 12.4 Å². The molecule has 0 aliphatic carbocycles. The summed E-state index contributed by atoms with van der Waals surface area (Å²) in [4.78, 5) is 0. The Morgan fingerprint density at radius 3 is 1.88 bits per heavy atom. The molecule has 2 nitrogen and oxygen atoms in total. The minimum atomic E-state index is 0.550. The van der Waals surface area contributed by atoms with Crippen LogP contribution in [0, 0.1) is 5.21 Å². The Labute approximate surface area is 95.8 Å². The third-order valence-electron chi connectivity index (χ3n) is 2.71. The van der Waals surface area contributed by atoms with Crippen LogP contribution in [0.3, 0.4) is 0 Å². The van der Waals surface area contributed by atoms with Gasteiger partial charge in [0.1, 0.15) is 0 Å². The summed E-state index contributed by atoms with van der Waals surface area (Å²) < 4.78 is 0.798. The standard InChI is InChI=1S/C14H15NO/c1-11(2)12-3-5-13(6-4-12)14-7-9-15(16)10-8-14/h3-11H,1-2H3. The Morgan fingerprint density at radius 1 is 0.875 bits per heavy atom. The van der Waals surface area contributed by atoms with Crippen molar-refractivity contribution in [3.05, 3.63) is 59.6 Å². The molecule has 0 fully saturated rings. The van der Waals surface area contributed by atoms with Crippen molar-refractivity contribution in [1.29, 1.82) is 0 Å². The number of hydrogen-bond acceptors (Lipinski definition) is 1. The summed E-state index contributed by atoms with van der Waals surface area (Å²) in [6.45, 7) is 4.36. The first-order valence-electron chi connectivity index (χ1n) is 5.46. The number of benzene rings is 1. The lowest BCUT2D eigenvalue weighted by molar-refractivity contribution is -0.605. The first-order chi connectivity index (χ1) is 7.66. The summed E-state index contributed by atoms with van der Waals surface area (Å²) in [6, 6.07) is 12.1. The van der Waals surface area contributed by atoms with Gasteiger partial charge in [0.2, 0.25) is 0 Å². The average molecular weight is 213 g/mol. The molecule has 1 aromatic carbocycles. The summed E-state index contributed by atoms with van der Waals surface area (Å²) in [6.07, 6.45) is 3.04. The predicted octanol–water partition coefficient (Wildman–Crippen LogP) is 3.11. The van der Waals surface area contributed by atoms with E-state index < -0.39 is 0 Å². The number of nitrogens with zero attached hydrogens (tertiary/aromatic N) is 1. The molecule has 0 bridgehead atoms. The minimum Gasteiger partial charge on any atom is -0.619 e. The lowest BCUT2D eigenvalue weighted by atomic mass is 9.99. The van der Waals surface area contributed by atoms with Crippen LogP contribution in [0.5, 0.6) is 0 Å². The largest absolute Gasteiger partial charge is 0.619 e. The first kappa shape index (κ1) is 10.7. The van der Waals surface area contributed by atoms with Gasteiger partial charge in [-0.05, 0) is 22.6 Å². The van der Waals surface area contributed by atoms with Crippen LogP contribution in [0.4, 0.5) is 0 Å². The van der Waals surface area contributed by atoms with Gasteiger partial charge < -0.3 is 5.21 Å². The zero-order valence-corrected chi connectivity index (χ0v) is 9.55. The highest BCUT2D eigenvalue weighted by Gasteiger charge is 2.01. The summed E-state index contributed by atoms with van der Waals surface area (Å²) >= 11 is 0. The second-order valence-electron chi connectivity index (χ2n) is 4.22. The Bertz CT molecular complexity index is 457. The molecule has 1 heterocycles. The summed E-state index contributed by atoms with van der Waals surface area (Å²) in [7, 11) is 0. The lowest BCUT2D eigenvalue weighted by Gasteiger charge is -2.06. The van der Waals surface area contributed by atoms with Crippen LogP contribution in [-0.4, -0.2) is 0 Å². The fourth-order valence-corrected chi connectivity index (χ4v) is 1.67. The second kappa shape index (κ2) is 4.35. The zero-order chi connectivity index (χ0) is 11.5. The van der Waals surface area contributed by atoms with Crippen LogP contribution < -0.4 is 4.73 Å². The summed E-state index contributed by atoms with van der Waals surface area (Å²) in [5.41, 5.74) is 3.55. The van der Waals surface area contributed by atoms with Crippen LogP contribution in [0.2, 0.25) is 0 Å². The topological polar surface area (TPSA) is 26.9 Å². The van der Waals surface area contributed by atoms with E-state index in [-0.39, 0.29) is 0 Å². The highest BCUT2D eigenvalue weighted by atomic mass is 16.5. The van der Waals surface area contributed by atoms with Crippen molar-refractivity contribution in [2.45, 2.75) is 19.8 Å². The second-order valence-corrected chi connectivity index (χ2v) is 4.22. The highest BCUT2D eigenvalue weighted by molar-refractivity contribution is 5.62. The Balaban J connectivity index is 2.31. The van der Waals surface area contributed by atoms with Gasteiger partial charge in [0, 0.05) is 12.1 Å². The van der Waals surface area contributed by atoms with Gasteiger partial charge in [-0.15, -0.1) is 0 Å². The van der Waals surface area contributed by atoms with E-state index in [1.165, 1.54) is 18.0 Å². The molecule has 0 unspecified atom stereocenters. The fraction of sp³-hybridized carbons (Fsp3) is 0.214. The molecule has 0 N–H and O–H groups in total. The van der Waals surface area contributed by atoms with E-state index in [1.807, 2.05) is 12.1 Å². The van der Waals surface area contributed by atoms with Crippen molar-refractivity contribution in [2.75, 3.05) is 0 Å². The van der Waals surface area contributed by atoms with E-state index >= 15 is 0 Å². The molecular weight excluding hydrogens is 198 g/mol. The molecular formula is C14H15NO. The molecule has 2 rings (SSSR count). The molecule has 0 aliphatic heterocycles. The molecule has 0 saturated carbocycles. The van der Waals surface area contributed by atoms with Crippen LogP contribution >= 0.6 is 0 Å². The Morgan fingerprint density at radius 2 is 1.38 bits per heavy atom. The molecule has 0 amide bonds. The third-order valence-corrected chi connectivity index (χ3v) is 2.71. The molecule has 1 aromatic heterocycles. The van der Waals surface area contributed by atoms with Gasteiger partial charge in [0.05, 0.1) is 0 Å². The van der Waals surface area contributed by atoms with Gasteiger partial charge in [-0.1, -0.05) is 38.1 Å². The quantitative estimate of drug-likeness (QED) is 0.556. The number of pyridine rings is 1. The smallest absolute Gasteiger partial charge is 0.180 e. The van der Waals surface area contributed by atoms with E-state index in [4.69, 9.17) is 0 Å². The molecule has 0 radical (unpaired) electrons. The lowest BCUT2D eigenvalue weighted by Crippen LogP contribution is -2.23. The molecule has 0 spiro atoms. The molecule has 82 valence electrons.